The lowest BCUT2D eigenvalue weighted by Crippen LogP contribution is -2.48. The molecule has 0 saturated carbocycles. The van der Waals surface area contributed by atoms with E-state index in [1.165, 1.54) is 10.4 Å². The Morgan fingerprint density at radius 1 is 1.07 bits per heavy atom. The number of anilines is 1. The third kappa shape index (κ3) is 3.74. The van der Waals surface area contributed by atoms with Crippen LogP contribution < -0.4 is 4.90 Å². The second kappa shape index (κ2) is 7.76. The smallest absolute Gasteiger partial charge is 0.245 e. The van der Waals surface area contributed by atoms with E-state index in [2.05, 4.69) is 18.8 Å². The van der Waals surface area contributed by atoms with Gasteiger partial charge in [0.1, 0.15) is 16.4 Å². The second-order valence-corrected chi connectivity index (χ2v) is 9.66. The maximum atomic E-state index is 14.1. The van der Waals surface area contributed by atoms with Crippen LogP contribution in [0.1, 0.15) is 13.8 Å². The molecule has 0 N–H and O–H groups in total. The quantitative estimate of drug-likeness (QED) is 0.640. The Balaban J connectivity index is 1.61. The fourth-order valence-corrected chi connectivity index (χ4v) is 5.47. The van der Waals surface area contributed by atoms with Crippen molar-refractivity contribution in [3.8, 4) is 0 Å². The van der Waals surface area contributed by atoms with Gasteiger partial charge in [0.2, 0.25) is 10.0 Å². The minimum Gasteiger partial charge on any atom is -0.367 e. The van der Waals surface area contributed by atoms with Crippen molar-refractivity contribution in [1.82, 2.24) is 13.9 Å². The highest BCUT2D eigenvalue weighted by Crippen LogP contribution is 2.29. The summed E-state index contributed by atoms with van der Waals surface area (Å²) in [5, 5.41) is 0.643. The minimum atomic E-state index is -3.67. The summed E-state index contributed by atoms with van der Waals surface area (Å²) < 4.78 is 44.3. The predicted octanol–water partition coefficient (Wildman–Crippen LogP) is 3.34. The van der Waals surface area contributed by atoms with Crippen LogP contribution in [0, 0.1) is 11.7 Å². The third-order valence-electron chi connectivity index (χ3n) is 5.21. The fourth-order valence-electron chi connectivity index (χ4n) is 3.85. The van der Waals surface area contributed by atoms with E-state index in [1.807, 2.05) is 15.5 Å². The first-order valence-electron chi connectivity index (χ1n) is 9.81. The van der Waals surface area contributed by atoms with E-state index in [9.17, 15) is 12.8 Å². The van der Waals surface area contributed by atoms with Crippen LogP contribution >= 0.6 is 0 Å². The molecular formula is C21H25FN4O2S. The summed E-state index contributed by atoms with van der Waals surface area (Å²) in [4.78, 5) is 6.59. The third-order valence-corrected chi connectivity index (χ3v) is 7.13. The number of para-hydroxylation sites is 1. The van der Waals surface area contributed by atoms with Gasteiger partial charge in [-0.2, -0.15) is 4.31 Å². The number of fused-ring (bicyclic) bond motifs is 1. The largest absolute Gasteiger partial charge is 0.367 e. The predicted molar refractivity (Wildman–Crippen MR) is 112 cm³/mol. The SMILES string of the molecule is CC(C)Cn1cc(S(=O)(=O)N2CCN(c3ccccc3F)CC2)c2cccnc21. The molecular weight excluding hydrogens is 391 g/mol. The fraction of sp³-hybridized carbons (Fsp3) is 0.381. The van der Waals surface area contributed by atoms with Gasteiger partial charge in [0.05, 0.1) is 5.69 Å². The maximum absolute atomic E-state index is 14.1. The maximum Gasteiger partial charge on any atom is 0.245 e. The number of hydrogen-bond donors (Lipinski definition) is 0. The highest BCUT2D eigenvalue weighted by molar-refractivity contribution is 7.89. The summed E-state index contributed by atoms with van der Waals surface area (Å²) in [6.45, 7) is 6.40. The molecule has 1 aliphatic rings. The van der Waals surface area contributed by atoms with Gasteiger partial charge in [0, 0.05) is 50.5 Å². The summed E-state index contributed by atoms with van der Waals surface area (Å²) in [5.74, 6) is 0.0825. The zero-order valence-electron chi connectivity index (χ0n) is 16.6. The van der Waals surface area contributed by atoms with Crippen molar-refractivity contribution in [1.29, 1.82) is 0 Å². The number of aromatic nitrogens is 2. The van der Waals surface area contributed by atoms with E-state index in [1.54, 1.807) is 36.7 Å². The lowest BCUT2D eigenvalue weighted by molar-refractivity contribution is 0.383. The zero-order valence-corrected chi connectivity index (χ0v) is 17.4. The number of pyridine rings is 1. The van der Waals surface area contributed by atoms with Crippen molar-refractivity contribution in [2.45, 2.75) is 25.3 Å². The Kier molecular flexibility index (Phi) is 5.31. The molecule has 0 radical (unpaired) electrons. The van der Waals surface area contributed by atoms with Crippen LogP contribution in [0.5, 0.6) is 0 Å². The monoisotopic (exact) mass is 416 g/mol. The molecule has 1 saturated heterocycles. The minimum absolute atomic E-state index is 0.286. The van der Waals surface area contributed by atoms with Gasteiger partial charge >= 0.3 is 0 Å². The molecule has 0 atom stereocenters. The van der Waals surface area contributed by atoms with Gasteiger partial charge in [-0.1, -0.05) is 26.0 Å². The van der Waals surface area contributed by atoms with Crippen molar-refractivity contribution < 1.29 is 12.8 Å². The molecule has 4 rings (SSSR count). The number of benzene rings is 1. The van der Waals surface area contributed by atoms with Crippen LogP contribution in [-0.4, -0.2) is 48.5 Å². The van der Waals surface area contributed by atoms with Gasteiger partial charge in [-0.25, -0.2) is 17.8 Å². The lowest BCUT2D eigenvalue weighted by Gasteiger charge is -2.35. The van der Waals surface area contributed by atoms with Gasteiger partial charge in [-0.05, 0) is 30.2 Å². The molecule has 1 aromatic carbocycles. The summed E-state index contributed by atoms with van der Waals surface area (Å²) in [7, 11) is -3.67. The summed E-state index contributed by atoms with van der Waals surface area (Å²) in [5.41, 5.74) is 1.20. The van der Waals surface area contributed by atoms with E-state index >= 15 is 0 Å². The summed E-state index contributed by atoms with van der Waals surface area (Å²) in [6.07, 6.45) is 3.39. The first kappa shape index (κ1) is 19.8. The molecule has 8 heteroatoms. The molecule has 29 heavy (non-hydrogen) atoms. The van der Waals surface area contributed by atoms with Crippen LogP contribution in [-0.2, 0) is 16.6 Å². The molecule has 154 valence electrons. The molecule has 2 aromatic heterocycles. The normalized spacial score (nSPS) is 16.1. The average Bonchev–Trinajstić information content (AvgIpc) is 3.07. The molecule has 1 fully saturated rings. The molecule has 6 nitrogen and oxygen atoms in total. The van der Waals surface area contributed by atoms with Crippen molar-refractivity contribution in [3.05, 3.63) is 54.6 Å². The van der Waals surface area contributed by atoms with Crippen LogP contribution in [0.15, 0.2) is 53.7 Å². The molecule has 0 aliphatic carbocycles. The van der Waals surface area contributed by atoms with Gasteiger partial charge in [-0.15, -0.1) is 0 Å². The second-order valence-electron chi connectivity index (χ2n) is 7.76. The first-order valence-corrected chi connectivity index (χ1v) is 11.3. The van der Waals surface area contributed by atoms with Crippen LogP contribution in [0.3, 0.4) is 0 Å². The Labute approximate surface area is 170 Å². The Morgan fingerprint density at radius 2 is 1.79 bits per heavy atom. The van der Waals surface area contributed by atoms with Gasteiger partial charge < -0.3 is 9.47 Å². The van der Waals surface area contributed by atoms with Gasteiger partial charge in [0.15, 0.2) is 0 Å². The molecule has 3 heterocycles. The number of nitrogens with zero attached hydrogens (tertiary/aromatic N) is 4. The zero-order chi connectivity index (χ0) is 20.6. The topological polar surface area (TPSA) is 58.4 Å². The van der Waals surface area contributed by atoms with E-state index in [4.69, 9.17) is 0 Å². The molecule has 1 aliphatic heterocycles. The average molecular weight is 417 g/mol. The van der Waals surface area contributed by atoms with E-state index in [0.717, 1.165) is 0 Å². The summed E-state index contributed by atoms with van der Waals surface area (Å²) in [6, 6.07) is 10.2. The van der Waals surface area contributed by atoms with Crippen molar-refractivity contribution in [2.75, 3.05) is 31.1 Å². The number of piperazine rings is 1. The Morgan fingerprint density at radius 3 is 2.48 bits per heavy atom. The standard InChI is InChI=1S/C21H25FN4O2S/c1-16(2)14-25-15-20(17-6-5-9-23-21(17)25)29(27,28)26-12-10-24(11-13-26)19-8-4-3-7-18(19)22/h3-9,15-16H,10-14H2,1-2H3. The Hall–Kier alpha value is -2.45. The number of halogens is 1. The van der Waals surface area contributed by atoms with Gasteiger partial charge in [0.25, 0.3) is 0 Å². The molecule has 0 unspecified atom stereocenters. The van der Waals surface area contributed by atoms with Crippen LogP contribution in [0.25, 0.3) is 11.0 Å². The van der Waals surface area contributed by atoms with E-state index < -0.39 is 10.0 Å². The van der Waals surface area contributed by atoms with Crippen molar-refractivity contribution >= 4 is 26.7 Å². The number of hydrogen-bond acceptors (Lipinski definition) is 4. The van der Waals surface area contributed by atoms with E-state index in [0.29, 0.717) is 60.3 Å². The van der Waals surface area contributed by atoms with Crippen LogP contribution in [0.2, 0.25) is 0 Å². The lowest BCUT2D eigenvalue weighted by atomic mass is 10.2. The summed E-state index contributed by atoms with van der Waals surface area (Å²) >= 11 is 0. The highest BCUT2D eigenvalue weighted by atomic mass is 32.2. The number of rotatable bonds is 5. The number of sulfonamides is 1. The van der Waals surface area contributed by atoms with Crippen molar-refractivity contribution in [3.63, 3.8) is 0 Å². The molecule has 0 spiro atoms. The molecule has 3 aromatic rings. The van der Waals surface area contributed by atoms with Crippen molar-refractivity contribution in [2.24, 2.45) is 5.92 Å². The van der Waals surface area contributed by atoms with Crippen LogP contribution in [0.4, 0.5) is 10.1 Å². The van der Waals surface area contributed by atoms with E-state index in [-0.39, 0.29) is 5.82 Å². The molecule has 0 amide bonds. The Bertz CT molecular complexity index is 1120. The molecule has 0 bridgehead atoms. The van der Waals surface area contributed by atoms with Gasteiger partial charge in [-0.3, -0.25) is 0 Å². The highest BCUT2D eigenvalue weighted by Gasteiger charge is 2.32. The first-order chi connectivity index (χ1) is 13.9.